The summed E-state index contributed by atoms with van der Waals surface area (Å²) in [5, 5.41) is 3.23. The van der Waals surface area contributed by atoms with Gasteiger partial charge in [-0.05, 0) is 48.8 Å². The third kappa shape index (κ3) is 4.30. The molecule has 3 nitrogen and oxygen atoms in total. The molecule has 1 amide bonds. The zero-order valence-corrected chi connectivity index (χ0v) is 13.3. The van der Waals surface area contributed by atoms with Gasteiger partial charge in [0.15, 0.2) is 0 Å². The number of nitrogens with one attached hydrogen (secondary N) is 1. The van der Waals surface area contributed by atoms with E-state index in [9.17, 15) is 4.79 Å². The van der Waals surface area contributed by atoms with Crippen LogP contribution in [-0.4, -0.2) is 23.2 Å². The van der Waals surface area contributed by atoms with E-state index in [1.807, 2.05) is 45.0 Å². The first kappa shape index (κ1) is 15.5. The van der Waals surface area contributed by atoms with Crippen LogP contribution in [0.2, 0.25) is 0 Å². The van der Waals surface area contributed by atoms with Gasteiger partial charge in [-0.2, -0.15) is 0 Å². The van der Waals surface area contributed by atoms with Crippen molar-refractivity contribution in [2.75, 3.05) is 5.75 Å². The predicted octanol–water partition coefficient (Wildman–Crippen LogP) is 2.78. The minimum absolute atomic E-state index is 0.210. The second-order valence-corrected chi connectivity index (χ2v) is 6.59. The molecule has 18 heavy (non-hydrogen) atoms. The van der Waals surface area contributed by atoms with Crippen molar-refractivity contribution in [3.8, 4) is 0 Å². The lowest BCUT2D eigenvalue weighted by Gasteiger charge is -2.29. The van der Waals surface area contributed by atoms with Crippen molar-refractivity contribution >= 4 is 33.6 Å². The van der Waals surface area contributed by atoms with E-state index in [1.165, 1.54) is 0 Å². The van der Waals surface area contributed by atoms with E-state index < -0.39 is 5.54 Å². The number of benzene rings is 1. The lowest BCUT2D eigenvalue weighted by atomic mass is 10.0. The standard InChI is InChI=1S/C13H19BrN2OS/c1-9(2)16-13(3,12(15)17)8-18-11-7-5-4-6-10(11)14/h4-7,9,16H,8H2,1-3H3,(H2,15,17). The van der Waals surface area contributed by atoms with E-state index in [4.69, 9.17) is 5.73 Å². The molecule has 0 aromatic heterocycles. The van der Waals surface area contributed by atoms with Crippen molar-refractivity contribution < 1.29 is 4.79 Å². The molecule has 1 aromatic rings. The fourth-order valence-corrected chi connectivity index (χ4v) is 3.28. The summed E-state index contributed by atoms with van der Waals surface area (Å²) in [6.45, 7) is 5.85. The summed E-state index contributed by atoms with van der Waals surface area (Å²) < 4.78 is 1.03. The Morgan fingerprint density at radius 3 is 2.61 bits per heavy atom. The number of nitrogens with two attached hydrogens (primary N) is 1. The van der Waals surface area contributed by atoms with Gasteiger partial charge in [0.1, 0.15) is 5.54 Å². The Bertz CT molecular complexity index is 425. The SMILES string of the molecule is CC(C)NC(C)(CSc1ccccc1Br)C(N)=O. The van der Waals surface area contributed by atoms with Crippen molar-refractivity contribution in [1.82, 2.24) is 5.32 Å². The van der Waals surface area contributed by atoms with Gasteiger partial charge in [0.05, 0.1) is 0 Å². The van der Waals surface area contributed by atoms with Crippen LogP contribution in [0.5, 0.6) is 0 Å². The number of amides is 1. The molecule has 0 aliphatic carbocycles. The van der Waals surface area contributed by atoms with Crippen LogP contribution in [0.15, 0.2) is 33.6 Å². The fourth-order valence-electron chi connectivity index (χ4n) is 1.60. The quantitative estimate of drug-likeness (QED) is 0.788. The molecule has 0 radical (unpaired) electrons. The normalized spacial score (nSPS) is 14.5. The number of rotatable bonds is 6. The zero-order chi connectivity index (χ0) is 13.8. The Labute approximate surface area is 121 Å². The first-order chi connectivity index (χ1) is 8.35. The molecule has 0 bridgehead atoms. The largest absolute Gasteiger partial charge is 0.368 e. The van der Waals surface area contributed by atoms with E-state index in [0.717, 1.165) is 9.37 Å². The topological polar surface area (TPSA) is 55.1 Å². The molecular weight excluding hydrogens is 312 g/mol. The summed E-state index contributed by atoms with van der Waals surface area (Å²) in [5.41, 5.74) is 4.79. The van der Waals surface area contributed by atoms with Gasteiger partial charge in [-0.25, -0.2) is 0 Å². The van der Waals surface area contributed by atoms with E-state index in [-0.39, 0.29) is 11.9 Å². The molecule has 3 N–H and O–H groups in total. The smallest absolute Gasteiger partial charge is 0.238 e. The minimum atomic E-state index is -0.700. The second-order valence-electron chi connectivity index (χ2n) is 4.71. The van der Waals surface area contributed by atoms with Crippen molar-refractivity contribution in [2.45, 2.75) is 37.2 Å². The van der Waals surface area contributed by atoms with Crippen LogP contribution >= 0.6 is 27.7 Å². The number of carbonyl (C=O) groups excluding carboxylic acids is 1. The molecule has 1 aromatic carbocycles. The van der Waals surface area contributed by atoms with Gasteiger partial charge >= 0.3 is 0 Å². The van der Waals surface area contributed by atoms with Crippen molar-refractivity contribution in [3.05, 3.63) is 28.7 Å². The number of thioether (sulfide) groups is 1. The Hall–Kier alpha value is -0.520. The first-order valence-corrected chi connectivity index (χ1v) is 7.58. The summed E-state index contributed by atoms with van der Waals surface area (Å²) in [4.78, 5) is 12.7. The highest BCUT2D eigenvalue weighted by Crippen LogP contribution is 2.29. The van der Waals surface area contributed by atoms with Crippen LogP contribution in [0.25, 0.3) is 0 Å². The molecule has 0 aliphatic rings. The van der Waals surface area contributed by atoms with E-state index in [2.05, 4.69) is 21.2 Å². The van der Waals surface area contributed by atoms with Crippen LogP contribution in [0, 0.1) is 0 Å². The summed E-state index contributed by atoms with van der Waals surface area (Å²) in [6.07, 6.45) is 0. The molecule has 0 saturated carbocycles. The fraction of sp³-hybridized carbons (Fsp3) is 0.462. The summed E-state index contributed by atoms with van der Waals surface area (Å²) in [7, 11) is 0. The van der Waals surface area contributed by atoms with Crippen molar-refractivity contribution in [3.63, 3.8) is 0 Å². The summed E-state index contributed by atoms with van der Waals surface area (Å²) in [5.74, 6) is 0.277. The average molecular weight is 331 g/mol. The molecule has 0 aliphatic heterocycles. The first-order valence-electron chi connectivity index (χ1n) is 5.80. The Morgan fingerprint density at radius 2 is 2.11 bits per heavy atom. The molecule has 0 spiro atoms. The van der Waals surface area contributed by atoms with E-state index >= 15 is 0 Å². The van der Waals surface area contributed by atoms with Crippen LogP contribution in [0.1, 0.15) is 20.8 Å². The molecule has 0 fully saturated rings. The lowest BCUT2D eigenvalue weighted by molar-refractivity contribution is -0.123. The highest BCUT2D eigenvalue weighted by molar-refractivity contribution is 9.10. The van der Waals surface area contributed by atoms with Gasteiger partial charge in [-0.1, -0.05) is 12.1 Å². The molecule has 0 heterocycles. The minimum Gasteiger partial charge on any atom is -0.368 e. The van der Waals surface area contributed by atoms with Crippen LogP contribution in [-0.2, 0) is 4.79 Å². The van der Waals surface area contributed by atoms with Crippen molar-refractivity contribution in [2.24, 2.45) is 5.73 Å². The molecule has 5 heteroatoms. The number of hydrogen-bond acceptors (Lipinski definition) is 3. The van der Waals surface area contributed by atoms with Crippen LogP contribution < -0.4 is 11.1 Å². The number of halogens is 1. The molecule has 1 rings (SSSR count). The van der Waals surface area contributed by atoms with Crippen molar-refractivity contribution in [1.29, 1.82) is 0 Å². The lowest BCUT2D eigenvalue weighted by Crippen LogP contribution is -2.57. The van der Waals surface area contributed by atoms with Crippen LogP contribution in [0.3, 0.4) is 0 Å². The second kappa shape index (κ2) is 6.59. The van der Waals surface area contributed by atoms with E-state index in [0.29, 0.717) is 5.75 Å². The third-order valence-electron chi connectivity index (χ3n) is 2.50. The van der Waals surface area contributed by atoms with Crippen LogP contribution in [0.4, 0.5) is 0 Å². The van der Waals surface area contributed by atoms with Gasteiger partial charge in [-0.15, -0.1) is 11.8 Å². The van der Waals surface area contributed by atoms with Gasteiger partial charge in [0.25, 0.3) is 0 Å². The predicted molar refractivity (Wildman–Crippen MR) is 80.7 cm³/mol. The molecule has 1 unspecified atom stereocenters. The van der Waals surface area contributed by atoms with Gasteiger partial charge in [0, 0.05) is 21.2 Å². The number of hydrogen-bond donors (Lipinski definition) is 2. The average Bonchev–Trinajstić information content (AvgIpc) is 2.27. The number of carbonyl (C=O) groups is 1. The summed E-state index contributed by atoms with van der Waals surface area (Å²) >= 11 is 5.11. The Morgan fingerprint density at radius 1 is 1.50 bits per heavy atom. The molecular formula is C13H19BrN2OS. The van der Waals surface area contributed by atoms with Gasteiger partial charge < -0.3 is 11.1 Å². The molecule has 100 valence electrons. The maximum Gasteiger partial charge on any atom is 0.238 e. The van der Waals surface area contributed by atoms with Gasteiger partial charge in [-0.3, -0.25) is 4.79 Å². The summed E-state index contributed by atoms with van der Waals surface area (Å²) in [6, 6.07) is 8.16. The molecule has 0 saturated heterocycles. The maximum atomic E-state index is 11.6. The molecule has 1 atom stereocenters. The Balaban J connectivity index is 2.75. The zero-order valence-electron chi connectivity index (χ0n) is 10.9. The highest BCUT2D eigenvalue weighted by Gasteiger charge is 2.31. The number of primary amides is 1. The third-order valence-corrected chi connectivity index (χ3v) is 4.85. The monoisotopic (exact) mass is 330 g/mol. The van der Waals surface area contributed by atoms with Gasteiger partial charge in [0.2, 0.25) is 5.91 Å². The Kier molecular flexibility index (Phi) is 5.69. The van der Waals surface area contributed by atoms with E-state index in [1.54, 1.807) is 11.8 Å². The highest BCUT2D eigenvalue weighted by atomic mass is 79.9. The maximum absolute atomic E-state index is 11.6.